The molecule has 0 atom stereocenters. The van der Waals surface area contributed by atoms with Crippen molar-refractivity contribution >= 4 is 15.8 Å². The molecule has 0 spiro atoms. The molecule has 0 aliphatic heterocycles. The van der Waals surface area contributed by atoms with Crippen LogP contribution < -0.4 is 0 Å². The molecule has 0 N–H and O–H groups in total. The minimum Gasteiger partial charge on any atom is -0.469 e. The van der Waals surface area contributed by atoms with Gasteiger partial charge in [0.2, 0.25) is 0 Å². The van der Waals surface area contributed by atoms with E-state index in [1.807, 2.05) is 0 Å². The second-order valence-corrected chi connectivity index (χ2v) is 7.90. The third-order valence-electron chi connectivity index (χ3n) is 3.90. The molecule has 0 aromatic heterocycles. The van der Waals surface area contributed by atoms with Gasteiger partial charge >= 0.3 is 5.97 Å². The fourth-order valence-electron chi connectivity index (χ4n) is 2.48. The van der Waals surface area contributed by atoms with Crippen LogP contribution in [0.2, 0.25) is 0 Å². The van der Waals surface area contributed by atoms with Crippen LogP contribution in [0, 0.1) is 0 Å². The van der Waals surface area contributed by atoms with Gasteiger partial charge in [0.15, 0.2) is 9.84 Å². The molecule has 1 aliphatic rings. The molecule has 1 aromatic rings. The Kier molecular flexibility index (Phi) is 12.9. The number of carbonyl (C=O) groups is 1. The Morgan fingerprint density at radius 2 is 1.33 bits per heavy atom. The van der Waals surface area contributed by atoms with Crippen molar-refractivity contribution in [2.75, 3.05) is 12.9 Å². The van der Waals surface area contributed by atoms with Gasteiger partial charge in [-0.05, 0) is 12.1 Å². The van der Waals surface area contributed by atoms with Gasteiger partial charge in [-0.3, -0.25) is 4.79 Å². The first kappa shape index (κ1) is 23.1. The normalized spacial score (nSPS) is 14.9. The van der Waals surface area contributed by atoms with Crippen molar-refractivity contribution in [3.8, 4) is 0 Å². The van der Waals surface area contributed by atoms with Crippen molar-refractivity contribution in [3.63, 3.8) is 0 Å². The fourth-order valence-corrected chi connectivity index (χ4v) is 3.72. The SMILES string of the molecule is C1CCCCCCC1.COC(=O)CCS(=O)(=O)c1ccccc1.[Ni]. The third-order valence-corrected chi connectivity index (χ3v) is 5.64. The van der Waals surface area contributed by atoms with Crippen LogP contribution >= 0.6 is 0 Å². The number of esters is 1. The number of ether oxygens (including phenoxy) is 1. The van der Waals surface area contributed by atoms with Gasteiger partial charge in [-0.25, -0.2) is 8.42 Å². The quantitative estimate of drug-likeness (QED) is 0.564. The summed E-state index contributed by atoms with van der Waals surface area (Å²) in [6, 6.07) is 8.04. The first-order chi connectivity index (χ1) is 11.1. The molecule has 1 fully saturated rings. The molecule has 4 nitrogen and oxygen atoms in total. The molecule has 0 bridgehead atoms. The molecule has 1 aliphatic carbocycles. The van der Waals surface area contributed by atoms with Gasteiger partial charge in [0.25, 0.3) is 0 Å². The van der Waals surface area contributed by atoms with Crippen molar-refractivity contribution in [1.82, 2.24) is 0 Å². The molecule has 0 saturated heterocycles. The first-order valence-electron chi connectivity index (χ1n) is 8.41. The Morgan fingerprint density at radius 3 is 1.71 bits per heavy atom. The van der Waals surface area contributed by atoms with E-state index in [1.165, 1.54) is 70.6 Å². The van der Waals surface area contributed by atoms with E-state index in [9.17, 15) is 13.2 Å². The van der Waals surface area contributed by atoms with Crippen molar-refractivity contribution in [2.24, 2.45) is 0 Å². The van der Waals surface area contributed by atoms with Gasteiger partial charge < -0.3 is 4.74 Å². The molecule has 140 valence electrons. The molecule has 1 saturated carbocycles. The monoisotopic (exact) mass is 398 g/mol. The minimum absolute atomic E-state index is 0. The van der Waals surface area contributed by atoms with Gasteiger partial charge in [0.05, 0.1) is 24.2 Å². The van der Waals surface area contributed by atoms with Crippen LogP contribution in [0.1, 0.15) is 57.8 Å². The summed E-state index contributed by atoms with van der Waals surface area (Å²) in [7, 11) is -2.13. The van der Waals surface area contributed by atoms with Crippen LogP contribution in [0.25, 0.3) is 0 Å². The fraction of sp³-hybridized carbons (Fsp3) is 0.611. The average Bonchev–Trinajstić information content (AvgIpc) is 2.53. The number of hydrogen-bond acceptors (Lipinski definition) is 4. The standard InChI is InChI=1S/C10H12O4S.C8H16.Ni/c1-14-10(11)7-8-15(12,13)9-5-3-2-4-6-9;1-2-4-6-8-7-5-3-1;/h2-6H,7-8H2,1H3;1-8H2;. The molecular weight excluding hydrogens is 371 g/mol. The second kappa shape index (κ2) is 13.4. The van der Waals surface area contributed by atoms with E-state index in [0.717, 1.165) is 0 Å². The van der Waals surface area contributed by atoms with E-state index in [0.29, 0.717) is 0 Å². The van der Waals surface area contributed by atoms with E-state index >= 15 is 0 Å². The average molecular weight is 399 g/mol. The summed E-state index contributed by atoms with van der Waals surface area (Å²) in [5, 5.41) is 0. The molecule has 6 heteroatoms. The number of hydrogen-bond donors (Lipinski definition) is 0. The van der Waals surface area contributed by atoms with Crippen molar-refractivity contribution < 1.29 is 34.4 Å². The van der Waals surface area contributed by atoms with Gasteiger partial charge in [-0.1, -0.05) is 69.6 Å². The molecule has 1 aromatic carbocycles. The summed E-state index contributed by atoms with van der Waals surface area (Å²) in [5.41, 5.74) is 0. The Morgan fingerprint density at radius 1 is 0.917 bits per heavy atom. The summed E-state index contributed by atoms with van der Waals surface area (Å²) >= 11 is 0. The van der Waals surface area contributed by atoms with E-state index < -0.39 is 15.8 Å². The summed E-state index contributed by atoms with van der Waals surface area (Å²) in [4.78, 5) is 11.0. The summed E-state index contributed by atoms with van der Waals surface area (Å²) in [5.74, 6) is -0.738. The molecule has 24 heavy (non-hydrogen) atoms. The van der Waals surface area contributed by atoms with Crippen LogP contribution in [0.4, 0.5) is 0 Å². The van der Waals surface area contributed by atoms with Gasteiger partial charge in [-0.2, -0.15) is 0 Å². The largest absolute Gasteiger partial charge is 0.469 e. The zero-order chi connectivity index (χ0) is 17.0. The topological polar surface area (TPSA) is 60.4 Å². The zero-order valence-corrected chi connectivity index (χ0v) is 16.1. The van der Waals surface area contributed by atoms with Crippen LogP contribution in [0.5, 0.6) is 0 Å². The van der Waals surface area contributed by atoms with Crippen LogP contribution in [0.3, 0.4) is 0 Å². The van der Waals surface area contributed by atoms with E-state index in [4.69, 9.17) is 0 Å². The Labute approximate surface area is 156 Å². The summed E-state index contributed by atoms with van der Waals surface area (Å²) < 4.78 is 27.7. The van der Waals surface area contributed by atoms with Gasteiger partial charge in [0.1, 0.15) is 0 Å². The Bertz CT molecular complexity index is 519. The number of benzene rings is 1. The van der Waals surface area contributed by atoms with Crippen molar-refractivity contribution in [2.45, 2.75) is 62.7 Å². The molecule has 0 unspecified atom stereocenters. The Hall–Kier alpha value is -0.866. The molecule has 0 heterocycles. The first-order valence-corrected chi connectivity index (χ1v) is 10.1. The van der Waals surface area contributed by atoms with E-state index in [-0.39, 0.29) is 33.6 Å². The van der Waals surface area contributed by atoms with Gasteiger partial charge in [0, 0.05) is 16.5 Å². The molecule has 2 rings (SSSR count). The predicted molar refractivity (Wildman–Crippen MR) is 92.1 cm³/mol. The number of rotatable bonds is 4. The van der Waals surface area contributed by atoms with Crippen molar-refractivity contribution in [3.05, 3.63) is 30.3 Å². The molecular formula is C18H28NiO4S. The summed E-state index contributed by atoms with van der Waals surface area (Å²) in [6.45, 7) is 0. The predicted octanol–water partition coefficient (Wildman–Crippen LogP) is 4.14. The molecule has 0 radical (unpaired) electrons. The maximum absolute atomic E-state index is 11.6. The zero-order valence-electron chi connectivity index (χ0n) is 14.3. The Balaban J connectivity index is 0.000000498. The summed E-state index contributed by atoms with van der Waals surface area (Å²) in [6.07, 6.45) is 11.9. The maximum atomic E-state index is 11.6. The van der Waals surface area contributed by atoms with Crippen molar-refractivity contribution in [1.29, 1.82) is 0 Å². The van der Waals surface area contributed by atoms with E-state index in [2.05, 4.69) is 4.74 Å². The second-order valence-electron chi connectivity index (χ2n) is 5.79. The third kappa shape index (κ3) is 10.1. The minimum atomic E-state index is -3.37. The molecule has 0 amide bonds. The van der Waals surface area contributed by atoms with Crippen LogP contribution in [-0.4, -0.2) is 27.2 Å². The number of sulfone groups is 1. The van der Waals surface area contributed by atoms with E-state index in [1.54, 1.807) is 18.2 Å². The number of methoxy groups -OCH3 is 1. The maximum Gasteiger partial charge on any atom is 0.306 e. The van der Waals surface area contributed by atoms with Gasteiger partial charge in [-0.15, -0.1) is 0 Å². The van der Waals surface area contributed by atoms with Crippen LogP contribution in [0.15, 0.2) is 35.2 Å². The van der Waals surface area contributed by atoms with Crippen LogP contribution in [-0.2, 0) is 35.9 Å². The number of carbonyl (C=O) groups excluding carboxylic acids is 1. The smallest absolute Gasteiger partial charge is 0.306 e.